The summed E-state index contributed by atoms with van der Waals surface area (Å²) in [4.78, 5) is 24.7. The lowest BCUT2D eigenvalue weighted by atomic mass is 9.75. The summed E-state index contributed by atoms with van der Waals surface area (Å²) < 4.78 is 11.5. The number of carbonyl (C=O) groups is 2. The van der Waals surface area contributed by atoms with Crippen molar-refractivity contribution in [2.75, 3.05) is 13.2 Å². The third-order valence-electron chi connectivity index (χ3n) is 5.89. The number of fused-ring (bicyclic) bond motifs is 1. The SMILES string of the molecule is O=C1C[C@@H](C(=O)NC[C@H]2OCCc3ccccc32)C2(CCCCC2)O1. The maximum absolute atomic E-state index is 12.8. The lowest BCUT2D eigenvalue weighted by Gasteiger charge is -2.36. The zero-order valence-corrected chi connectivity index (χ0v) is 14.5. The Bertz CT molecular complexity index is 665. The van der Waals surface area contributed by atoms with Gasteiger partial charge in [0, 0.05) is 6.54 Å². The van der Waals surface area contributed by atoms with Gasteiger partial charge in [0.05, 0.1) is 18.9 Å². The van der Waals surface area contributed by atoms with Crippen LogP contribution in [0.1, 0.15) is 55.8 Å². The van der Waals surface area contributed by atoms with E-state index in [4.69, 9.17) is 9.47 Å². The molecular formula is C20H25NO4. The van der Waals surface area contributed by atoms with Crippen LogP contribution in [0.15, 0.2) is 24.3 Å². The average molecular weight is 343 g/mol. The van der Waals surface area contributed by atoms with Crippen LogP contribution in [-0.4, -0.2) is 30.6 Å². The molecule has 2 aliphatic heterocycles. The molecule has 0 aromatic heterocycles. The minimum absolute atomic E-state index is 0.0700. The normalized spacial score (nSPS) is 27.6. The molecule has 1 saturated carbocycles. The van der Waals surface area contributed by atoms with Crippen molar-refractivity contribution in [1.29, 1.82) is 0 Å². The van der Waals surface area contributed by atoms with Crippen molar-refractivity contribution < 1.29 is 19.1 Å². The summed E-state index contributed by atoms with van der Waals surface area (Å²) in [6, 6.07) is 8.22. The summed E-state index contributed by atoms with van der Waals surface area (Å²) in [6.07, 6.45) is 5.81. The fraction of sp³-hybridized carbons (Fsp3) is 0.600. The summed E-state index contributed by atoms with van der Waals surface area (Å²) in [6.45, 7) is 1.11. The molecule has 1 aromatic rings. The first kappa shape index (κ1) is 16.6. The highest BCUT2D eigenvalue weighted by atomic mass is 16.6. The molecule has 25 heavy (non-hydrogen) atoms. The monoisotopic (exact) mass is 343 g/mol. The highest BCUT2D eigenvalue weighted by Crippen LogP contribution is 2.44. The van der Waals surface area contributed by atoms with E-state index in [0.29, 0.717) is 13.2 Å². The Morgan fingerprint density at radius 3 is 2.84 bits per heavy atom. The van der Waals surface area contributed by atoms with Crippen LogP contribution in [0.3, 0.4) is 0 Å². The van der Waals surface area contributed by atoms with Crippen molar-refractivity contribution >= 4 is 11.9 Å². The summed E-state index contributed by atoms with van der Waals surface area (Å²) in [5, 5.41) is 3.03. The fourth-order valence-corrected chi connectivity index (χ4v) is 4.59. The topological polar surface area (TPSA) is 64.6 Å². The molecule has 5 heteroatoms. The predicted molar refractivity (Wildman–Crippen MR) is 91.9 cm³/mol. The van der Waals surface area contributed by atoms with E-state index in [2.05, 4.69) is 17.4 Å². The molecule has 0 bridgehead atoms. The number of hydrogen-bond acceptors (Lipinski definition) is 4. The Kier molecular flexibility index (Phi) is 4.50. The quantitative estimate of drug-likeness (QED) is 0.857. The van der Waals surface area contributed by atoms with E-state index in [1.165, 1.54) is 5.56 Å². The summed E-state index contributed by atoms with van der Waals surface area (Å²) in [5.74, 6) is -0.667. The lowest BCUT2D eigenvalue weighted by molar-refractivity contribution is -0.153. The molecule has 1 amide bonds. The largest absolute Gasteiger partial charge is 0.458 e. The minimum Gasteiger partial charge on any atom is -0.458 e. The molecule has 0 radical (unpaired) electrons. The van der Waals surface area contributed by atoms with E-state index in [1.807, 2.05) is 12.1 Å². The summed E-state index contributed by atoms with van der Waals surface area (Å²) >= 11 is 0. The standard InChI is InChI=1S/C20H25NO4/c22-18-12-16(20(25-18)9-4-1-5-10-20)19(23)21-13-17-15-7-3-2-6-14(15)8-11-24-17/h2-3,6-7,16-17H,1,4-5,8-13H2,(H,21,23)/t16-,17+/m0/s1. The molecule has 134 valence electrons. The Balaban J connectivity index is 1.43. The minimum atomic E-state index is -0.565. The number of nitrogens with one attached hydrogen (secondary N) is 1. The molecule has 1 aromatic carbocycles. The number of esters is 1. The predicted octanol–water partition coefficient (Wildman–Crippen LogP) is 2.68. The third-order valence-corrected chi connectivity index (χ3v) is 5.89. The summed E-state index contributed by atoms with van der Waals surface area (Å²) in [7, 11) is 0. The maximum Gasteiger partial charge on any atom is 0.307 e. The molecule has 2 heterocycles. The molecular weight excluding hydrogens is 318 g/mol. The Hall–Kier alpha value is -1.88. The first-order chi connectivity index (χ1) is 12.2. The van der Waals surface area contributed by atoms with Gasteiger partial charge in [-0.2, -0.15) is 0 Å². The van der Waals surface area contributed by atoms with Gasteiger partial charge in [0.25, 0.3) is 0 Å². The third kappa shape index (κ3) is 3.17. The van der Waals surface area contributed by atoms with Gasteiger partial charge in [-0.15, -0.1) is 0 Å². The van der Waals surface area contributed by atoms with Crippen molar-refractivity contribution in [3.05, 3.63) is 35.4 Å². The Labute approximate surface area is 148 Å². The number of carbonyl (C=O) groups excluding carboxylic acids is 2. The second kappa shape index (κ2) is 6.79. The highest BCUT2D eigenvalue weighted by molar-refractivity contribution is 5.87. The van der Waals surface area contributed by atoms with E-state index in [0.717, 1.165) is 44.1 Å². The molecule has 1 N–H and O–H groups in total. The average Bonchev–Trinajstić information content (AvgIpc) is 2.95. The molecule has 0 unspecified atom stereocenters. The molecule has 3 aliphatic rings. The van der Waals surface area contributed by atoms with Gasteiger partial charge in [0.15, 0.2) is 0 Å². The lowest BCUT2D eigenvalue weighted by Crippen LogP contribution is -2.46. The van der Waals surface area contributed by atoms with E-state index < -0.39 is 5.60 Å². The van der Waals surface area contributed by atoms with Gasteiger partial charge in [-0.25, -0.2) is 0 Å². The van der Waals surface area contributed by atoms with E-state index in [9.17, 15) is 9.59 Å². The number of ether oxygens (including phenoxy) is 2. The Morgan fingerprint density at radius 2 is 2.00 bits per heavy atom. The van der Waals surface area contributed by atoms with Gasteiger partial charge >= 0.3 is 5.97 Å². The maximum atomic E-state index is 12.8. The Morgan fingerprint density at radius 1 is 1.20 bits per heavy atom. The van der Waals surface area contributed by atoms with Gasteiger partial charge in [-0.05, 0) is 43.2 Å². The number of rotatable bonds is 3. The van der Waals surface area contributed by atoms with Gasteiger partial charge in [-0.3, -0.25) is 9.59 Å². The van der Waals surface area contributed by atoms with Crippen LogP contribution in [-0.2, 0) is 25.5 Å². The molecule has 2 fully saturated rings. The molecule has 1 spiro atoms. The summed E-state index contributed by atoms with van der Waals surface area (Å²) in [5.41, 5.74) is 1.88. The van der Waals surface area contributed by atoms with Gasteiger partial charge in [-0.1, -0.05) is 30.7 Å². The fourth-order valence-electron chi connectivity index (χ4n) is 4.59. The van der Waals surface area contributed by atoms with Crippen molar-refractivity contribution in [2.24, 2.45) is 5.92 Å². The smallest absolute Gasteiger partial charge is 0.307 e. The zero-order valence-electron chi connectivity index (χ0n) is 14.5. The van der Waals surface area contributed by atoms with Crippen molar-refractivity contribution in [1.82, 2.24) is 5.32 Å². The van der Waals surface area contributed by atoms with Crippen LogP contribution in [0.5, 0.6) is 0 Å². The second-order valence-corrected chi connectivity index (χ2v) is 7.41. The first-order valence-corrected chi connectivity index (χ1v) is 9.37. The molecule has 1 saturated heterocycles. The highest BCUT2D eigenvalue weighted by Gasteiger charge is 2.52. The number of benzene rings is 1. The van der Waals surface area contributed by atoms with Crippen molar-refractivity contribution in [2.45, 2.75) is 56.7 Å². The first-order valence-electron chi connectivity index (χ1n) is 9.37. The zero-order chi connectivity index (χ0) is 17.3. The number of amides is 1. The van der Waals surface area contributed by atoms with Crippen LogP contribution in [0.25, 0.3) is 0 Å². The van der Waals surface area contributed by atoms with Crippen LogP contribution in [0, 0.1) is 5.92 Å². The van der Waals surface area contributed by atoms with Gasteiger partial charge in [0.1, 0.15) is 11.7 Å². The van der Waals surface area contributed by atoms with E-state index in [1.54, 1.807) is 0 Å². The molecule has 4 rings (SSSR count). The van der Waals surface area contributed by atoms with Crippen LogP contribution >= 0.6 is 0 Å². The van der Waals surface area contributed by atoms with Crippen LogP contribution in [0.4, 0.5) is 0 Å². The van der Waals surface area contributed by atoms with Crippen LogP contribution < -0.4 is 5.32 Å². The van der Waals surface area contributed by atoms with Gasteiger partial charge in [0.2, 0.25) is 5.91 Å². The molecule has 1 aliphatic carbocycles. The van der Waals surface area contributed by atoms with Gasteiger partial charge < -0.3 is 14.8 Å². The molecule has 5 nitrogen and oxygen atoms in total. The van der Waals surface area contributed by atoms with Crippen LogP contribution in [0.2, 0.25) is 0 Å². The van der Waals surface area contributed by atoms with Crippen molar-refractivity contribution in [3.63, 3.8) is 0 Å². The molecule has 2 atom stereocenters. The van der Waals surface area contributed by atoms with E-state index >= 15 is 0 Å². The second-order valence-electron chi connectivity index (χ2n) is 7.41. The van der Waals surface area contributed by atoms with E-state index in [-0.39, 0.29) is 30.3 Å². The number of hydrogen-bond donors (Lipinski definition) is 1. The van der Waals surface area contributed by atoms with Crippen molar-refractivity contribution in [3.8, 4) is 0 Å².